The predicted molar refractivity (Wildman–Crippen MR) is 146 cm³/mol. The molecule has 230 valence electrons. The van der Waals surface area contributed by atoms with Gasteiger partial charge in [0.2, 0.25) is 10.0 Å². The molecule has 1 fully saturated rings. The van der Waals surface area contributed by atoms with Crippen molar-refractivity contribution in [2.24, 2.45) is 0 Å². The topological polar surface area (TPSA) is 208 Å². The second-order valence-electron chi connectivity index (χ2n) is 9.79. The number of hydrogen-bond donors (Lipinski definition) is 5. The van der Waals surface area contributed by atoms with E-state index in [9.17, 15) is 42.9 Å². The van der Waals surface area contributed by atoms with Gasteiger partial charge in [-0.25, -0.2) is 13.1 Å². The van der Waals surface area contributed by atoms with Gasteiger partial charge in [-0.15, -0.1) is 0 Å². The van der Waals surface area contributed by atoms with E-state index < -0.39 is 33.9 Å². The van der Waals surface area contributed by atoms with Crippen molar-refractivity contribution in [1.29, 1.82) is 0 Å². The summed E-state index contributed by atoms with van der Waals surface area (Å²) in [4.78, 5) is 51.9. The number of hydrogen-bond acceptors (Lipinski definition) is 10. The zero-order valence-electron chi connectivity index (χ0n) is 22.9. The lowest BCUT2D eigenvalue weighted by molar-refractivity contribution is -0.140. The number of nitrogens with zero attached hydrogens (tertiary/aromatic N) is 4. The SMILES string of the molecule is O=C(O)CCc1ccc(S(=O)(=O)NCCN2CCN(CC(=O)O)CCN(CC(=O)O)CCN(CC(=O)O)CC2)cc1. The predicted octanol–water partition coefficient (Wildman–Crippen LogP) is -1.54. The molecule has 1 aliphatic rings. The molecule has 5 N–H and O–H groups in total. The second kappa shape index (κ2) is 17.0. The van der Waals surface area contributed by atoms with Crippen LogP contribution in [0.15, 0.2) is 29.2 Å². The number of aliphatic carboxylic acids is 4. The van der Waals surface area contributed by atoms with Crippen molar-refractivity contribution < 1.29 is 48.0 Å². The highest BCUT2D eigenvalue weighted by Crippen LogP contribution is 2.12. The molecule has 41 heavy (non-hydrogen) atoms. The molecular weight excluding hydrogens is 562 g/mol. The van der Waals surface area contributed by atoms with Gasteiger partial charge in [-0.1, -0.05) is 12.1 Å². The number of carboxylic acid groups (broad SMARTS) is 4. The van der Waals surface area contributed by atoms with Crippen LogP contribution in [0.3, 0.4) is 0 Å². The highest BCUT2D eigenvalue weighted by atomic mass is 32.2. The molecule has 0 amide bonds. The molecule has 0 atom stereocenters. The number of rotatable bonds is 14. The Morgan fingerprint density at radius 1 is 0.634 bits per heavy atom. The smallest absolute Gasteiger partial charge is 0.317 e. The van der Waals surface area contributed by atoms with Crippen molar-refractivity contribution in [1.82, 2.24) is 24.3 Å². The van der Waals surface area contributed by atoms with Crippen LogP contribution in [0.4, 0.5) is 0 Å². The van der Waals surface area contributed by atoms with Crippen LogP contribution in [0.2, 0.25) is 0 Å². The number of carboxylic acids is 4. The van der Waals surface area contributed by atoms with Gasteiger partial charge in [-0.05, 0) is 24.1 Å². The Hall–Kier alpha value is -3.15. The first-order valence-electron chi connectivity index (χ1n) is 13.2. The minimum atomic E-state index is -3.84. The molecule has 15 nitrogen and oxygen atoms in total. The summed E-state index contributed by atoms with van der Waals surface area (Å²) in [6, 6.07) is 5.97. The molecule has 1 aromatic carbocycles. The Bertz CT molecular complexity index is 1100. The molecule has 1 heterocycles. The lowest BCUT2D eigenvalue weighted by atomic mass is 10.1. The first-order valence-corrected chi connectivity index (χ1v) is 14.7. The summed E-state index contributed by atoms with van der Waals surface area (Å²) in [6.45, 7) is 2.18. The Morgan fingerprint density at radius 2 is 1.02 bits per heavy atom. The molecule has 0 radical (unpaired) electrons. The largest absolute Gasteiger partial charge is 0.481 e. The van der Waals surface area contributed by atoms with Gasteiger partial charge in [-0.2, -0.15) is 0 Å². The maximum absolute atomic E-state index is 12.8. The number of aryl methyl sites for hydroxylation is 1. The second-order valence-corrected chi connectivity index (χ2v) is 11.6. The average Bonchev–Trinajstić information content (AvgIpc) is 2.88. The summed E-state index contributed by atoms with van der Waals surface area (Å²) < 4.78 is 28.1. The van der Waals surface area contributed by atoms with E-state index in [0.717, 1.165) is 0 Å². The lowest BCUT2D eigenvalue weighted by Crippen LogP contribution is -2.49. The zero-order chi connectivity index (χ0) is 30.4. The first-order chi connectivity index (χ1) is 19.3. The number of sulfonamides is 1. The maximum Gasteiger partial charge on any atom is 0.317 e. The average molecular weight is 602 g/mol. The number of benzene rings is 1. The number of nitrogens with one attached hydrogen (secondary N) is 1. The van der Waals surface area contributed by atoms with Crippen LogP contribution in [0, 0.1) is 0 Å². The van der Waals surface area contributed by atoms with Crippen molar-refractivity contribution in [2.75, 3.05) is 85.1 Å². The Morgan fingerprint density at radius 3 is 1.39 bits per heavy atom. The van der Waals surface area contributed by atoms with Crippen LogP contribution < -0.4 is 4.72 Å². The van der Waals surface area contributed by atoms with Crippen molar-refractivity contribution >= 4 is 33.9 Å². The molecule has 0 aromatic heterocycles. The zero-order valence-corrected chi connectivity index (χ0v) is 23.7. The van der Waals surface area contributed by atoms with Gasteiger partial charge in [-0.3, -0.25) is 38.8 Å². The summed E-state index contributed by atoms with van der Waals surface area (Å²) in [7, 11) is -3.84. The van der Waals surface area contributed by atoms with E-state index in [1.54, 1.807) is 26.8 Å². The summed E-state index contributed by atoms with van der Waals surface area (Å²) in [5.74, 6) is -4.03. The van der Waals surface area contributed by atoms with E-state index >= 15 is 0 Å². The van der Waals surface area contributed by atoms with E-state index in [1.165, 1.54) is 12.1 Å². The van der Waals surface area contributed by atoms with Gasteiger partial charge in [0.1, 0.15) is 0 Å². The molecular formula is C25H39N5O10S. The van der Waals surface area contributed by atoms with Crippen molar-refractivity contribution in [2.45, 2.75) is 17.7 Å². The van der Waals surface area contributed by atoms with Gasteiger partial charge in [0, 0.05) is 71.9 Å². The fraction of sp³-hybridized carbons (Fsp3) is 0.600. The van der Waals surface area contributed by atoms with E-state index in [4.69, 9.17) is 5.11 Å². The van der Waals surface area contributed by atoms with Crippen molar-refractivity contribution in [3.05, 3.63) is 29.8 Å². The van der Waals surface area contributed by atoms with Crippen LogP contribution in [-0.4, -0.2) is 157 Å². The van der Waals surface area contributed by atoms with Crippen molar-refractivity contribution in [3.63, 3.8) is 0 Å². The summed E-state index contributed by atoms with van der Waals surface area (Å²) in [5.41, 5.74) is 0.702. The Balaban J connectivity index is 2.06. The molecule has 0 spiro atoms. The van der Waals surface area contributed by atoms with Crippen LogP contribution in [0.25, 0.3) is 0 Å². The molecule has 0 aliphatic carbocycles. The highest BCUT2D eigenvalue weighted by Gasteiger charge is 2.21. The molecule has 2 rings (SSSR count). The van der Waals surface area contributed by atoms with Crippen LogP contribution >= 0.6 is 0 Å². The standard InChI is InChI=1S/C25H39N5O10S/c31-22(32)6-3-20-1-4-21(5-2-20)41(39,40)26-7-8-27-9-11-28(17-23(33)34)13-15-30(19-25(37)38)16-14-29(12-10-27)18-24(35)36/h1-2,4-5,26H,3,6-19H2,(H,31,32)(H,33,34)(H,35,36)(H,37,38). The Labute approximate surface area is 239 Å². The van der Waals surface area contributed by atoms with E-state index in [-0.39, 0.29) is 63.6 Å². The molecule has 0 unspecified atom stereocenters. The van der Waals surface area contributed by atoms with E-state index in [1.807, 2.05) is 4.90 Å². The molecule has 0 bridgehead atoms. The lowest BCUT2D eigenvalue weighted by Gasteiger charge is -2.33. The minimum absolute atomic E-state index is 0.0384. The van der Waals surface area contributed by atoms with Gasteiger partial charge in [0.25, 0.3) is 0 Å². The molecule has 1 saturated heterocycles. The number of carbonyl (C=O) groups is 4. The summed E-state index contributed by atoms with van der Waals surface area (Å²) >= 11 is 0. The van der Waals surface area contributed by atoms with Crippen LogP contribution in [0.1, 0.15) is 12.0 Å². The third-order valence-electron chi connectivity index (χ3n) is 6.59. The maximum atomic E-state index is 12.8. The summed E-state index contributed by atoms with van der Waals surface area (Å²) in [6.07, 6.45) is 0.224. The highest BCUT2D eigenvalue weighted by molar-refractivity contribution is 7.89. The summed E-state index contributed by atoms with van der Waals surface area (Å²) in [5, 5.41) is 36.7. The minimum Gasteiger partial charge on any atom is -0.481 e. The fourth-order valence-electron chi connectivity index (χ4n) is 4.36. The van der Waals surface area contributed by atoms with Crippen LogP contribution in [-0.2, 0) is 35.6 Å². The van der Waals surface area contributed by atoms with E-state index in [0.29, 0.717) is 44.8 Å². The van der Waals surface area contributed by atoms with Gasteiger partial charge >= 0.3 is 23.9 Å². The first kappa shape index (κ1) is 34.1. The molecule has 16 heteroatoms. The fourth-order valence-corrected chi connectivity index (χ4v) is 5.38. The molecule has 1 aromatic rings. The quantitative estimate of drug-likeness (QED) is 0.164. The normalized spacial score (nSPS) is 17.4. The monoisotopic (exact) mass is 601 g/mol. The van der Waals surface area contributed by atoms with Gasteiger partial charge in [0.15, 0.2) is 0 Å². The van der Waals surface area contributed by atoms with Gasteiger partial charge in [0.05, 0.1) is 24.5 Å². The third kappa shape index (κ3) is 13.8. The molecule has 0 saturated carbocycles. The third-order valence-corrected chi connectivity index (χ3v) is 8.06. The molecule has 1 aliphatic heterocycles. The van der Waals surface area contributed by atoms with Crippen LogP contribution in [0.5, 0.6) is 0 Å². The van der Waals surface area contributed by atoms with E-state index in [2.05, 4.69) is 4.72 Å². The Kier molecular flexibility index (Phi) is 14.1. The van der Waals surface area contributed by atoms with Gasteiger partial charge < -0.3 is 20.4 Å². The van der Waals surface area contributed by atoms with Crippen molar-refractivity contribution in [3.8, 4) is 0 Å².